The van der Waals surface area contributed by atoms with Gasteiger partial charge in [0.25, 0.3) is 0 Å². The second-order valence-corrected chi connectivity index (χ2v) is 5.56. The Bertz CT molecular complexity index is 538. The fraction of sp³-hybridized carbons (Fsp3) is 0.357. The maximum atomic E-state index is 5.72. The molecule has 1 N–H and O–H groups in total. The maximum absolute atomic E-state index is 5.72. The summed E-state index contributed by atoms with van der Waals surface area (Å²) >= 11 is 3.44. The van der Waals surface area contributed by atoms with Gasteiger partial charge in [0.1, 0.15) is 12.4 Å². The third-order valence-electron chi connectivity index (χ3n) is 2.98. The van der Waals surface area contributed by atoms with Crippen molar-refractivity contribution < 1.29 is 9.15 Å². The first-order valence-electron chi connectivity index (χ1n) is 6.34. The SMILES string of the molecule is Brc1cnc(OCc2ccco2)c(CNC2CC2)c1. The van der Waals surface area contributed by atoms with Gasteiger partial charge in [-0.2, -0.15) is 0 Å². The number of pyridine rings is 1. The number of aromatic nitrogens is 1. The first-order valence-corrected chi connectivity index (χ1v) is 7.13. The Morgan fingerprint density at radius 2 is 2.37 bits per heavy atom. The summed E-state index contributed by atoms with van der Waals surface area (Å²) < 4.78 is 11.9. The van der Waals surface area contributed by atoms with Crippen molar-refractivity contribution in [3.8, 4) is 5.88 Å². The molecule has 0 atom stereocenters. The van der Waals surface area contributed by atoms with Crippen molar-refractivity contribution in [1.82, 2.24) is 10.3 Å². The van der Waals surface area contributed by atoms with Gasteiger partial charge < -0.3 is 14.5 Å². The van der Waals surface area contributed by atoms with Gasteiger partial charge in [-0.25, -0.2) is 4.98 Å². The molecule has 3 rings (SSSR count). The highest BCUT2D eigenvalue weighted by Gasteiger charge is 2.21. The largest absolute Gasteiger partial charge is 0.469 e. The summed E-state index contributed by atoms with van der Waals surface area (Å²) in [4.78, 5) is 4.33. The van der Waals surface area contributed by atoms with Gasteiger partial charge in [0, 0.05) is 28.8 Å². The van der Waals surface area contributed by atoms with Gasteiger partial charge in [-0.3, -0.25) is 0 Å². The summed E-state index contributed by atoms with van der Waals surface area (Å²) in [5, 5.41) is 3.47. The van der Waals surface area contributed by atoms with Crippen LogP contribution < -0.4 is 10.1 Å². The minimum absolute atomic E-state index is 0.401. The van der Waals surface area contributed by atoms with Crippen LogP contribution >= 0.6 is 15.9 Å². The summed E-state index contributed by atoms with van der Waals surface area (Å²) in [6, 6.07) is 6.45. The summed E-state index contributed by atoms with van der Waals surface area (Å²) in [5.41, 5.74) is 1.06. The van der Waals surface area contributed by atoms with Crippen LogP contribution in [0.3, 0.4) is 0 Å². The van der Waals surface area contributed by atoms with Gasteiger partial charge in [0.2, 0.25) is 5.88 Å². The minimum Gasteiger partial charge on any atom is -0.469 e. The summed E-state index contributed by atoms with van der Waals surface area (Å²) in [7, 11) is 0. The third kappa shape index (κ3) is 3.58. The quantitative estimate of drug-likeness (QED) is 0.886. The minimum atomic E-state index is 0.401. The third-order valence-corrected chi connectivity index (χ3v) is 3.42. The van der Waals surface area contributed by atoms with Gasteiger partial charge in [0.05, 0.1) is 6.26 Å². The van der Waals surface area contributed by atoms with Crippen LogP contribution in [-0.4, -0.2) is 11.0 Å². The molecule has 1 aliphatic carbocycles. The standard InChI is InChI=1S/C14H15BrN2O2/c15-11-6-10(7-16-12-3-4-12)14(17-8-11)19-9-13-2-1-5-18-13/h1-2,5-6,8,12,16H,3-4,7,9H2. The van der Waals surface area contributed by atoms with Crippen molar-refractivity contribution in [1.29, 1.82) is 0 Å². The van der Waals surface area contributed by atoms with E-state index >= 15 is 0 Å². The molecule has 1 saturated carbocycles. The Labute approximate surface area is 120 Å². The lowest BCUT2D eigenvalue weighted by Crippen LogP contribution is -2.16. The van der Waals surface area contributed by atoms with E-state index in [1.165, 1.54) is 12.8 Å². The lowest BCUT2D eigenvalue weighted by Gasteiger charge is -2.10. The molecule has 0 unspecified atom stereocenters. The number of nitrogens with one attached hydrogen (secondary N) is 1. The van der Waals surface area contributed by atoms with Crippen molar-refractivity contribution in [2.45, 2.75) is 32.0 Å². The van der Waals surface area contributed by atoms with E-state index in [-0.39, 0.29) is 0 Å². The van der Waals surface area contributed by atoms with Crippen LogP contribution in [0.5, 0.6) is 5.88 Å². The predicted octanol–water partition coefficient (Wildman–Crippen LogP) is 3.27. The number of furan rings is 1. The predicted molar refractivity (Wildman–Crippen MR) is 74.8 cm³/mol. The Morgan fingerprint density at radius 1 is 1.47 bits per heavy atom. The van der Waals surface area contributed by atoms with Gasteiger partial charge in [-0.1, -0.05) is 0 Å². The number of hydrogen-bond acceptors (Lipinski definition) is 4. The monoisotopic (exact) mass is 322 g/mol. The summed E-state index contributed by atoms with van der Waals surface area (Å²) in [6.45, 7) is 1.18. The van der Waals surface area contributed by atoms with Gasteiger partial charge >= 0.3 is 0 Å². The molecule has 0 amide bonds. The lowest BCUT2D eigenvalue weighted by molar-refractivity contribution is 0.257. The second-order valence-electron chi connectivity index (χ2n) is 4.64. The normalized spacial score (nSPS) is 14.6. The van der Waals surface area contributed by atoms with Gasteiger partial charge in [-0.05, 0) is 47.0 Å². The van der Waals surface area contributed by atoms with E-state index in [4.69, 9.17) is 9.15 Å². The average molecular weight is 323 g/mol. The van der Waals surface area contributed by atoms with Crippen molar-refractivity contribution in [2.75, 3.05) is 0 Å². The summed E-state index contributed by atoms with van der Waals surface area (Å²) in [5.74, 6) is 1.46. The molecule has 0 saturated heterocycles. The number of rotatable bonds is 6. The molecule has 100 valence electrons. The molecule has 4 nitrogen and oxygen atoms in total. The Kier molecular flexibility index (Phi) is 3.84. The van der Waals surface area contributed by atoms with E-state index in [1.54, 1.807) is 12.5 Å². The van der Waals surface area contributed by atoms with E-state index in [0.29, 0.717) is 18.5 Å². The molecule has 5 heteroatoms. The molecule has 2 heterocycles. The highest BCUT2D eigenvalue weighted by molar-refractivity contribution is 9.10. The first kappa shape index (κ1) is 12.7. The molecule has 1 fully saturated rings. The van der Waals surface area contributed by atoms with Crippen LogP contribution in [0.1, 0.15) is 24.2 Å². The average Bonchev–Trinajstić information content (AvgIpc) is 3.10. The molecule has 0 aliphatic heterocycles. The molecular weight excluding hydrogens is 308 g/mol. The van der Waals surface area contributed by atoms with Crippen LogP contribution in [0.4, 0.5) is 0 Å². The van der Waals surface area contributed by atoms with Crippen LogP contribution in [-0.2, 0) is 13.2 Å². The van der Waals surface area contributed by atoms with Gasteiger partial charge in [-0.15, -0.1) is 0 Å². The smallest absolute Gasteiger partial charge is 0.218 e. The maximum Gasteiger partial charge on any atom is 0.218 e. The molecule has 0 spiro atoms. The molecular formula is C14H15BrN2O2. The fourth-order valence-electron chi connectivity index (χ4n) is 1.80. The molecule has 0 aromatic carbocycles. The van der Waals surface area contributed by atoms with E-state index in [1.807, 2.05) is 18.2 Å². The van der Waals surface area contributed by atoms with Crippen molar-refractivity contribution in [2.24, 2.45) is 0 Å². The van der Waals surface area contributed by atoms with E-state index in [2.05, 4.69) is 26.2 Å². The highest BCUT2D eigenvalue weighted by atomic mass is 79.9. The Morgan fingerprint density at radius 3 is 3.11 bits per heavy atom. The van der Waals surface area contributed by atoms with Crippen LogP contribution in [0.15, 0.2) is 39.5 Å². The lowest BCUT2D eigenvalue weighted by atomic mass is 10.2. The van der Waals surface area contributed by atoms with Crippen molar-refractivity contribution in [3.63, 3.8) is 0 Å². The number of nitrogens with zero attached hydrogens (tertiary/aromatic N) is 1. The molecule has 19 heavy (non-hydrogen) atoms. The molecule has 0 bridgehead atoms. The molecule has 2 aromatic rings. The zero-order valence-corrected chi connectivity index (χ0v) is 12.0. The van der Waals surface area contributed by atoms with Crippen LogP contribution in [0.25, 0.3) is 0 Å². The molecule has 0 radical (unpaired) electrons. The fourth-order valence-corrected chi connectivity index (χ4v) is 2.18. The number of hydrogen-bond donors (Lipinski definition) is 1. The van der Waals surface area contributed by atoms with E-state index < -0.39 is 0 Å². The summed E-state index contributed by atoms with van der Waals surface area (Å²) in [6.07, 6.45) is 5.93. The number of halogens is 1. The first-order chi connectivity index (χ1) is 9.31. The topological polar surface area (TPSA) is 47.3 Å². The highest BCUT2D eigenvalue weighted by Crippen LogP contribution is 2.24. The van der Waals surface area contributed by atoms with Crippen molar-refractivity contribution in [3.05, 3.63) is 46.5 Å². The number of ether oxygens (including phenoxy) is 1. The molecule has 2 aromatic heterocycles. The van der Waals surface area contributed by atoms with Gasteiger partial charge in [0.15, 0.2) is 0 Å². The van der Waals surface area contributed by atoms with Crippen molar-refractivity contribution >= 4 is 15.9 Å². The Hall–Kier alpha value is -1.33. The van der Waals surface area contributed by atoms with Crippen LogP contribution in [0, 0.1) is 0 Å². The Balaban J connectivity index is 1.67. The molecule has 1 aliphatic rings. The zero-order chi connectivity index (χ0) is 13.1. The second kappa shape index (κ2) is 5.75. The van der Waals surface area contributed by atoms with E-state index in [0.717, 1.165) is 22.3 Å². The zero-order valence-electron chi connectivity index (χ0n) is 10.4. The van der Waals surface area contributed by atoms with Crippen LogP contribution in [0.2, 0.25) is 0 Å². The van der Waals surface area contributed by atoms with E-state index in [9.17, 15) is 0 Å².